The van der Waals surface area contributed by atoms with Crippen LogP contribution in [0, 0.1) is 6.92 Å². The number of aromatic amines is 1. The molecule has 25 heavy (non-hydrogen) atoms. The second-order valence-electron chi connectivity index (χ2n) is 6.11. The number of carbonyl (C=O) groups excluding carboxylic acids is 1. The molecule has 1 amide bonds. The van der Waals surface area contributed by atoms with E-state index < -0.39 is 11.7 Å². The molecule has 3 rings (SSSR count). The zero-order chi connectivity index (χ0) is 18.0. The fourth-order valence-electron chi connectivity index (χ4n) is 2.82. The van der Waals surface area contributed by atoms with Crippen LogP contribution in [0.15, 0.2) is 42.6 Å². The van der Waals surface area contributed by atoms with E-state index in [0.29, 0.717) is 37.6 Å². The fraction of sp³-hybridized carbons (Fsp3) is 0.333. The number of halogens is 3. The summed E-state index contributed by atoms with van der Waals surface area (Å²) in [6.45, 7) is 4.16. The average Bonchev–Trinajstić information content (AvgIpc) is 2.61. The van der Waals surface area contributed by atoms with E-state index in [-0.39, 0.29) is 5.91 Å². The molecule has 0 atom stereocenters. The Morgan fingerprint density at radius 3 is 2.16 bits per heavy atom. The van der Waals surface area contributed by atoms with E-state index in [1.54, 1.807) is 4.90 Å². The lowest BCUT2D eigenvalue weighted by Crippen LogP contribution is -2.50. The van der Waals surface area contributed by atoms with Gasteiger partial charge in [-0.2, -0.15) is 13.2 Å². The lowest BCUT2D eigenvalue weighted by atomic mass is 10.1. The second kappa shape index (κ2) is 6.74. The van der Waals surface area contributed by atoms with Crippen molar-refractivity contribution in [1.29, 1.82) is 0 Å². The van der Waals surface area contributed by atoms with E-state index in [9.17, 15) is 18.0 Å². The highest BCUT2D eigenvalue weighted by atomic mass is 19.4. The lowest BCUT2D eigenvalue weighted by Gasteiger charge is -2.31. The monoisotopic (exact) mass is 350 g/mol. The largest absolute Gasteiger partial charge is 0.419 e. The van der Waals surface area contributed by atoms with Gasteiger partial charge in [-0.3, -0.25) is 9.69 Å². The summed E-state index contributed by atoms with van der Waals surface area (Å²) in [5.41, 5.74) is 1.05. The number of piperazine rings is 1. The van der Waals surface area contributed by atoms with Gasteiger partial charge < -0.3 is 4.90 Å². The first-order valence-electron chi connectivity index (χ1n) is 8.04. The normalized spacial score (nSPS) is 15.4. The number of hydrogen-bond acceptors (Lipinski definition) is 2. The van der Waals surface area contributed by atoms with Crippen molar-refractivity contribution < 1.29 is 22.9 Å². The number of rotatable bonds is 2. The molecular formula is C18H19F3N3O+. The van der Waals surface area contributed by atoms with Gasteiger partial charge in [-0.25, -0.2) is 4.98 Å². The second-order valence-corrected chi connectivity index (χ2v) is 6.11. The number of pyridine rings is 1. The van der Waals surface area contributed by atoms with Crippen molar-refractivity contribution in [3.8, 4) is 0 Å². The lowest BCUT2D eigenvalue weighted by molar-refractivity contribution is -0.367. The van der Waals surface area contributed by atoms with Crippen LogP contribution in [0.4, 0.5) is 19.0 Å². The molecule has 0 spiro atoms. The first-order valence-corrected chi connectivity index (χ1v) is 8.04. The third-order valence-electron chi connectivity index (χ3n) is 4.33. The number of nitrogens with one attached hydrogen (secondary N) is 1. The number of nitrogens with zero attached hydrogens (tertiary/aromatic N) is 2. The van der Waals surface area contributed by atoms with Crippen molar-refractivity contribution in [3.63, 3.8) is 0 Å². The van der Waals surface area contributed by atoms with Gasteiger partial charge in [-0.05, 0) is 25.1 Å². The molecule has 4 nitrogen and oxygen atoms in total. The van der Waals surface area contributed by atoms with Crippen LogP contribution < -0.4 is 9.88 Å². The molecule has 0 aliphatic carbocycles. The molecule has 1 aliphatic heterocycles. The quantitative estimate of drug-likeness (QED) is 0.835. The fourth-order valence-corrected chi connectivity index (χ4v) is 2.82. The van der Waals surface area contributed by atoms with Gasteiger partial charge in [-0.15, -0.1) is 0 Å². The van der Waals surface area contributed by atoms with Gasteiger partial charge in [-0.1, -0.05) is 17.7 Å². The van der Waals surface area contributed by atoms with Crippen LogP contribution in [0.2, 0.25) is 0 Å². The van der Waals surface area contributed by atoms with Crippen molar-refractivity contribution in [2.24, 2.45) is 0 Å². The number of hydrogen-bond donors (Lipinski definition) is 0. The van der Waals surface area contributed by atoms with E-state index in [1.807, 2.05) is 36.1 Å². The summed E-state index contributed by atoms with van der Waals surface area (Å²) in [5.74, 6) is 0.603. The minimum absolute atomic E-state index is 0.0175. The molecule has 132 valence electrons. The van der Waals surface area contributed by atoms with E-state index in [1.165, 1.54) is 6.07 Å². The Morgan fingerprint density at radius 1 is 1.00 bits per heavy atom. The maximum atomic E-state index is 12.6. The molecule has 2 heterocycles. The van der Waals surface area contributed by atoms with Crippen LogP contribution in [-0.2, 0) is 6.18 Å². The maximum absolute atomic E-state index is 12.6. The highest BCUT2D eigenvalue weighted by molar-refractivity contribution is 5.94. The van der Waals surface area contributed by atoms with Crippen LogP contribution >= 0.6 is 0 Å². The zero-order valence-electron chi connectivity index (χ0n) is 13.8. The minimum Gasteiger partial charge on any atom is -0.331 e. The Kier molecular flexibility index (Phi) is 4.65. The van der Waals surface area contributed by atoms with Gasteiger partial charge >= 0.3 is 6.18 Å². The standard InChI is InChI=1S/C18H18F3N3O/c1-13-2-4-14(5-3-13)17(25)24-10-8-23(9-11-24)16-7-6-15(12-22-16)18(19,20)21/h2-7,12H,8-11H2,1H3/p+1. The first kappa shape index (κ1) is 17.3. The first-order chi connectivity index (χ1) is 11.8. The van der Waals surface area contributed by atoms with E-state index in [4.69, 9.17) is 0 Å². The Balaban J connectivity index is 1.61. The number of aryl methyl sites for hydroxylation is 1. The SMILES string of the molecule is Cc1ccc(C(=O)N2CCN(c3ccc(C(F)(F)F)c[nH+]3)CC2)cc1. The van der Waals surface area contributed by atoms with Gasteiger partial charge in [0.15, 0.2) is 0 Å². The molecule has 1 aromatic heterocycles. The zero-order valence-corrected chi connectivity index (χ0v) is 13.8. The summed E-state index contributed by atoms with van der Waals surface area (Å²) in [6, 6.07) is 9.93. The summed E-state index contributed by atoms with van der Waals surface area (Å²) in [4.78, 5) is 18.9. The summed E-state index contributed by atoms with van der Waals surface area (Å²) in [6.07, 6.45) is -3.38. The summed E-state index contributed by atoms with van der Waals surface area (Å²) in [7, 11) is 0. The van der Waals surface area contributed by atoms with Gasteiger partial charge in [0.05, 0.1) is 18.7 Å². The van der Waals surface area contributed by atoms with Crippen molar-refractivity contribution in [2.45, 2.75) is 13.1 Å². The molecule has 1 aliphatic rings. The van der Waals surface area contributed by atoms with Gasteiger partial charge in [0, 0.05) is 11.6 Å². The predicted octanol–water partition coefficient (Wildman–Crippen LogP) is 2.79. The Bertz CT molecular complexity index is 734. The third-order valence-corrected chi connectivity index (χ3v) is 4.33. The van der Waals surface area contributed by atoms with Crippen molar-refractivity contribution in [2.75, 3.05) is 31.1 Å². The Hall–Kier alpha value is -2.57. The van der Waals surface area contributed by atoms with Gasteiger partial charge in [0.25, 0.3) is 11.7 Å². The molecule has 1 saturated heterocycles. The molecule has 2 aromatic rings. The molecule has 0 saturated carbocycles. The van der Waals surface area contributed by atoms with Crippen molar-refractivity contribution >= 4 is 11.7 Å². The van der Waals surface area contributed by atoms with E-state index in [2.05, 4.69) is 4.98 Å². The predicted molar refractivity (Wildman–Crippen MR) is 87.3 cm³/mol. The highest BCUT2D eigenvalue weighted by Crippen LogP contribution is 2.28. The average molecular weight is 350 g/mol. The summed E-state index contributed by atoms with van der Waals surface area (Å²) < 4.78 is 37.8. The van der Waals surface area contributed by atoms with Crippen molar-refractivity contribution in [1.82, 2.24) is 4.90 Å². The number of benzene rings is 1. The topological polar surface area (TPSA) is 37.7 Å². The number of anilines is 1. The van der Waals surface area contributed by atoms with Crippen LogP contribution in [0.25, 0.3) is 0 Å². The molecule has 0 radical (unpaired) electrons. The van der Waals surface area contributed by atoms with Gasteiger partial charge in [0.2, 0.25) is 0 Å². The van der Waals surface area contributed by atoms with Crippen LogP contribution in [-0.4, -0.2) is 37.0 Å². The number of aromatic nitrogens is 1. The molecule has 0 unspecified atom stereocenters. The van der Waals surface area contributed by atoms with Crippen molar-refractivity contribution in [3.05, 3.63) is 59.3 Å². The Labute approximate surface area is 143 Å². The molecule has 1 N–H and O–H groups in total. The van der Waals surface area contributed by atoms with Crippen LogP contribution in [0.5, 0.6) is 0 Å². The Morgan fingerprint density at radius 2 is 1.64 bits per heavy atom. The van der Waals surface area contributed by atoms with Crippen LogP contribution in [0.1, 0.15) is 21.5 Å². The third kappa shape index (κ3) is 3.92. The molecule has 0 bridgehead atoms. The summed E-state index contributed by atoms with van der Waals surface area (Å²) in [5, 5.41) is 0. The van der Waals surface area contributed by atoms with Gasteiger partial charge in [0.1, 0.15) is 19.3 Å². The number of carbonyl (C=O) groups is 1. The smallest absolute Gasteiger partial charge is 0.331 e. The number of alkyl halides is 3. The molecular weight excluding hydrogens is 331 g/mol. The van der Waals surface area contributed by atoms with Crippen LogP contribution in [0.3, 0.4) is 0 Å². The summed E-state index contributed by atoms with van der Waals surface area (Å²) >= 11 is 0. The number of H-pyrrole nitrogens is 1. The van der Waals surface area contributed by atoms with E-state index >= 15 is 0 Å². The minimum atomic E-state index is -4.35. The molecule has 1 aromatic carbocycles. The highest BCUT2D eigenvalue weighted by Gasteiger charge is 2.33. The molecule has 7 heteroatoms. The maximum Gasteiger partial charge on any atom is 0.419 e. The molecule has 1 fully saturated rings. The number of amides is 1. The van der Waals surface area contributed by atoms with E-state index in [0.717, 1.165) is 17.8 Å².